The molecule has 1 heterocycles. The van der Waals surface area contributed by atoms with E-state index in [0.29, 0.717) is 12.6 Å². The van der Waals surface area contributed by atoms with E-state index in [-0.39, 0.29) is 5.91 Å². The van der Waals surface area contributed by atoms with Gasteiger partial charge < -0.3 is 9.64 Å². The van der Waals surface area contributed by atoms with Gasteiger partial charge in [0.25, 0.3) is 5.91 Å². The second-order valence-corrected chi connectivity index (χ2v) is 8.58. The number of fused-ring (bicyclic) bond motifs is 3. The van der Waals surface area contributed by atoms with Crippen molar-refractivity contribution in [2.24, 2.45) is 0 Å². The minimum atomic E-state index is 0.172. The Kier molecular flexibility index (Phi) is 5.35. The summed E-state index contributed by atoms with van der Waals surface area (Å²) < 4.78 is 5.42. The molecule has 2 aromatic rings. The fraction of sp³-hybridized carbons (Fsp3) is 0.435. The average molecular weight is 382 g/mol. The van der Waals surface area contributed by atoms with Crippen LogP contribution in [-0.2, 0) is 12.8 Å². The summed E-state index contributed by atoms with van der Waals surface area (Å²) in [5.74, 6) is 1.05. The van der Waals surface area contributed by atoms with Crippen LogP contribution >= 0.6 is 11.3 Å². The second kappa shape index (κ2) is 7.89. The van der Waals surface area contributed by atoms with Crippen molar-refractivity contribution in [2.45, 2.75) is 51.0 Å². The fourth-order valence-corrected chi connectivity index (χ4v) is 5.62. The Morgan fingerprint density at radius 1 is 1.22 bits per heavy atom. The smallest absolute Gasteiger partial charge is 0.264 e. The monoisotopic (exact) mass is 381 g/mol. The standard InChI is InChI=1S/C23H27NO2S/c1-3-13-24(18-7-5-4-6-8-18)23(25)21-14-17-10-9-16-11-12-19(26-2)15-20(16)22(17)27-21/h3,11-12,14-15,18H,1,4-10,13H2,2H3. The molecule has 0 N–H and O–H groups in total. The van der Waals surface area contributed by atoms with Gasteiger partial charge in [-0.05, 0) is 60.6 Å². The summed E-state index contributed by atoms with van der Waals surface area (Å²) in [5.41, 5.74) is 3.87. The van der Waals surface area contributed by atoms with Crippen LogP contribution in [0.2, 0.25) is 0 Å². The van der Waals surface area contributed by atoms with Gasteiger partial charge in [0.1, 0.15) is 5.75 Å². The van der Waals surface area contributed by atoms with Gasteiger partial charge in [0.05, 0.1) is 12.0 Å². The highest BCUT2D eigenvalue weighted by atomic mass is 32.1. The largest absolute Gasteiger partial charge is 0.497 e. The number of carbonyl (C=O) groups excluding carboxylic acids is 1. The molecule has 0 atom stereocenters. The lowest BCUT2D eigenvalue weighted by atomic mass is 9.91. The zero-order valence-electron chi connectivity index (χ0n) is 16.0. The minimum Gasteiger partial charge on any atom is -0.497 e. The number of amides is 1. The maximum Gasteiger partial charge on any atom is 0.264 e. The van der Waals surface area contributed by atoms with Crippen LogP contribution in [0, 0.1) is 0 Å². The highest BCUT2D eigenvalue weighted by Crippen LogP contribution is 2.41. The quantitative estimate of drug-likeness (QED) is 0.642. The molecule has 1 saturated carbocycles. The number of aryl methyl sites for hydroxylation is 2. The van der Waals surface area contributed by atoms with Crippen LogP contribution in [0.4, 0.5) is 0 Å². The average Bonchev–Trinajstić information content (AvgIpc) is 3.16. The van der Waals surface area contributed by atoms with E-state index in [9.17, 15) is 4.79 Å². The molecule has 4 rings (SSSR count). The summed E-state index contributed by atoms with van der Waals surface area (Å²) in [4.78, 5) is 17.5. The number of nitrogens with zero attached hydrogens (tertiary/aromatic N) is 1. The van der Waals surface area contributed by atoms with E-state index in [1.807, 2.05) is 12.1 Å². The van der Waals surface area contributed by atoms with Crippen LogP contribution in [-0.4, -0.2) is 30.5 Å². The number of thiophene rings is 1. The van der Waals surface area contributed by atoms with Crippen LogP contribution in [0.5, 0.6) is 5.75 Å². The van der Waals surface area contributed by atoms with Gasteiger partial charge >= 0.3 is 0 Å². The lowest BCUT2D eigenvalue weighted by Crippen LogP contribution is -2.41. The molecule has 1 aromatic heterocycles. The zero-order valence-corrected chi connectivity index (χ0v) is 16.8. The Morgan fingerprint density at radius 2 is 2.00 bits per heavy atom. The molecule has 0 aliphatic heterocycles. The highest BCUT2D eigenvalue weighted by molar-refractivity contribution is 7.17. The summed E-state index contributed by atoms with van der Waals surface area (Å²) in [6, 6.07) is 8.78. The first kappa shape index (κ1) is 18.3. The lowest BCUT2D eigenvalue weighted by molar-refractivity contribution is 0.0668. The van der Waals surface area contributed by atoms with Gasteiger partial charge in [0.15, 0.2) is 0 Å². The third-order valence-corrected chi connectivity index (χ3v) is 7.05. The van der Waals surface area contributed by atoms with Crippen LogP contribution < -0.4 is 4.74 Å². The molecular formula is C23H27NO2S. The van der Waals surface area contributed by atoms with Crippen molar-refractivity contribution in [1.82, 2.24) is 4.90 Å². The number of rotatable bonds is 5. The van der Waals surface area contributed by atoms with Crippen LogP contribution in [0.3, 0.4) is 0 Å². The van der Waals surface area contributed by atoms with Crippen molar-refractivity contribution in [3.05, 3.63) is 52.9 Å². The van der Waals surface area contributed by atoms with E-state index in [4.69, 9.17) is 4.74 Å². The van der Waals surface area contributed by atoms with Gasteiger partial charge in [-0.2, -0.15) is 0 Å². The highest BCUT2D eigenvalue weighted by Gasteiger charge is 2.28. The minimum absolute atomic E-state index is 0.172. The Bertz CT molecular complexity index is 848. The van der Waals surface area contributed by atoms with Crippen LogP contribution in [0.1, 0.15) is 52.9 Å². The van der Waals surface area contributed by atoms with Crippen molar-refractivity contribution in [2.75, 3.05) is 13.7 Å². The number of hydrogen-bond donors (Lipinski definition) is 0. The summed E-state index contributed by atoms with van der Waals surface area (Å²) in [6.45, 7) is 4.52. The first-order valence-electron chi connectivity index (χ1n) is 9.93. The normalized spacial score (nSPS) is 16.3. The maximum atomic E-state index is 13.4. The number of ether oxygens (including phenoxy) is 1. The lowest BCUT2D eigenvalue weighted by Gasteiger charge is -2.33. The van der Waals surface area contributed by atoms with Crippen LogP contribution in [0.15, 0.2) is 36.9 Å². The molecule has 0 saturated heterocycles. The van der Waals surface area contributed by atoms with Crippen molar-refractivity contribution >= 4 is 17.2 Å². The molecule has 2 aliphatic carbocycles. The molecule has 0 spiro atoms. The number of hydrogen-bond acceptors (Lipinski definition) is 3. The molecular weight excluding hydrogens is 354 g/mol. The summed E-state index contributed by atoms with van der Waals surface area (Å²) in [5, 5.41) is 0. The molecule has 1 amide bonds. The predicted molar refractivity (Wildman–Crippen MR) is 112 cm³/mol. The molecule has 1 fully saturated rings. The topological polar surface area (TPSA) is 29.5 Å². The van der Waals surface area contributed by atoms with Crippen molar-refractivity contribution in [3.8, 4) is 16.2 Å². The van der Waals surface area contributed by atoms with Crippen molar-refractivity contribution < 1.29 is 9.53 Å². The second-order valence-electron chi connectivity index (χ2n) is 7.53. The maximum absolute atomic E-state index is 13.4. The molecule has 27 heavy (non-hydrogen) atoms. The summed E-state index contributed by atoms with van der Waals surface area (Å²) in [7, 11) is 1.70. The van der Waals surface area contributed by atoms with E-state index in [1.54, 1.807) is 18.4 Å². The fourth-order valence-electron chi connectivity index (χ4n) is 4.40. The Labute approximate surface area is 165 Å². The third-order valence-electron chi connectivity index (χ3n) is 5.85. The Balaban J connectivity index is 1.66. The molecule has 1 aromatic carbocycles. The molecule has 4 heteroatoms. The summed E-state index contributed by atoms with van der Waals surface area (Å²) in [6.07, 6.45) is 9.85. The first-order chi connectivity index (χ1) is 13.2. The number of carbonyl (C=O) groups is 1. The summed E-state index contributed by atoms with van der Waals surface area (Å²) >= 11 is 1.64. The molecule has 3 nitrogen and oxygen atoms in total. The van der Waals surface area contributed by atoms with E-state index >= 15 is 0 Å². The van der Waals surface area contributed by atoms with Gasteiger partial charge in [-0.3, -0.25) is 4.79 Å². The van der Waals surface area contributed by atoms with Crippen molar-refractivity contribution in [3.63, 3.8) is 0 Å². The van der Waals surface area contributed by atoms with E-state index in [0.717, 1.165) is 36.3 Å². The van der Waals surface area contributed by atoms with E-state index in [2.05, 4.69) is 29.7 Å². The number of methoxy groups -OCH3 is 1. The molecule has 0 radical (unpaired) electrons. The Morgan fingerprint density at radius 3 is 2.74 bits per heavy atom. The van der Waals surface area contributed by atoms with Crippen LogP contribution in [0.25, 0.3) is 10.4 Å². The van der Waals surface area contributed by atoms with E-state index in [1.165, 1.54) is 40.8 Å². The van der Waals surface area contributed by atoms with Gasteiger partial charge in [-0.25, -0.2) is 0 Å². The molecule has 2 aliphatic rings. The SMILES string of the molecule is C=CCN(C(=O)c1cc2c(s1)-c1cc(OC)ccc1CC2)C1CCCCC1. The Hall–Kier alpha value is -2.07. The molecule has 0 bridgehead atoms. The number of benzene rings is 1. The van der Waals surface area contributed by atoms with E-state index < -0.39 is 0 Å². The van der Waals surface area contributed by atoms with Crippen molar-refractivity contribution in [1.29, 1.82) is 0 Å². The van der Waals surface area contributed by atoms with Gasteiger partial charge in [0.2, 0.25) is 0 Å². The predicted octanol–water partition coefficient (Wildman–Crippen LogP) is 5.48. The zero-order chi connectivity index (χ0) is 18.8. The molecule has 0 unspecified atom stereocenters. The van der Waals surface area contributed by atoms with Gasteiger partial charge in [-0.1, -0.05) is 31.4 Å². The molecule has 142 valence electrons. The first-order valence-corrected chi connectivity index (χ1v) is 10.7. The van der Waals surface area contributed by atoms with Gasteiger partial charge in [-0.15, -0.1) is 17.9 Å². The third kappa shape index (κ3) is 3.55. The van der Waals surface area contributed by atoms with Gasteiger partial charge in [0, 0.05) is 17.5 Å².